The number of anilines is 1. The topological polar surface area (TPSA) is 53.2 Å². The maximum atomic E-state index is 12.8. The number of allylic oxidation sites excluding steroid dienone is 1. The van der Waals surface area contributed by atoms with E-state index in [-0.39, 0.29) is 11.9 Å². The van der Waals surface area contributed by atoms with Gasteiger partial charge in [-0.1, -0.05) is 15.9 Å². The predicted octanol–water partition coefficient (Wildman–Crippen LogP) is 4.70. The number of rotatable bonds is 3. The summed E-state index contributed by atoms with van der Waals surface area (Å²) in [7, 11) is 0. The molecular formula is C16H13Br2N3OS2. The van der Waals surface area contributed by atoms with Crippen LogP contribution in [0.15, 0.2) is 55.9 Å². The van der Waals surface area contributed by atoms with Crippen LogP contribution in [0.25, 0.3) is 0 Å². The Morgan fingerprint density at radius 3 is 2.58 bits per heavy atom. The molecule has 124 valence electrons. The third-order valence-electron chi connectivity index (χ3n) is 3.49. The van der Waals surface area contributed by atoms with Gasteiger partial charge in [-0.05, 0) is 65.4 Å². The molecule has 2 aromatic rings. The van der Waals surface area contributed by atoms with Crippen molar-refractivity contribution < 1.29 is 4.79 Å². The van der Waals surface area contributed by atoms with Gasteiger partial charge in [0.05, 0.1) is 11.6 Å². The molecule has 0 aliphatic carbocycles. The van der Waals surface area contributed by atoms with Crippen molar-refractivity contribution in [1.82, 2.24) is 10.6 Å². The lowest BCUT2D eigenvalue weighted by molar-refractivity contribution is -0.113. The van der Waals surface area contributed by atoms with Gasteiger partial charge in [-0.2, -0.15) is 0 Å². The Balaban J connectivity index is 1.91. The molecule has 1 aliphatic heterocycles. The van der Waals surface area contributed by atoms with Gasteiger partial charge in [0.25, 0.3) is 5.91 Å². The fourth-order valence-electron chi connectivity index (χ4n) is 2.42. The van der Waals surface area contributed by atoms with Crippen molar-refractivity contribution in [1.29, 1.82) is 0 Å². The summed E-state index contributed by atoms with van der Waals surface area (Å²) in [5, 5.41) is 11.7. The van der Waals surface area contributed by atoms with E-state index in [1.165, 1.54) is 0 Å². The Labute approximate surface area is 166 Å². The number of thiocarbonyl (C=S) groups is 1. The summed E-state index contributed by atoms with van der Waals surface area (Å²) in [6.45, 7) is 1.86. The number of amides is 1. The van der Waals surface area contributed by atoms with Crippen LogP contribution in [-0.2, 0) is 4.79 Å². The van der Waals surface area contributed by atoms with Gasteiger partial charge in [0.1, 0.15) is 0 Å². The Hall–Kier alpha value is -1.22. The summed E-state index contributed by atoms with van der Waals surface area (Å²) < 4.78 is 1.95. The fraction of sp³-hybridized carbons (Fsp3) is 0.125. The van der Waals surface area contributed by atoms with Crippen molar-refractivity contribution >= 4 is 72.1 Å². The van der Waals surface area contributed by atoms with E-state index in [0.29, 0.717) is 10.7 Å². The molecule has 1 aromatic heterocycles. The van der Waals surface area contributed by atoms with E-state index in [2.05, 4.69) is 47.8 Å². The van der Waals surface area contributed by atoms with E-state index in [9.17, 15) is 4.79 Å². The SMILES string of the molecule is CC1=C(C(=O)Nc2ccc(Br)cc2)C(c2cc(Br)cs2)NC(=S)N1. The van der Waals surface area contributed by atoms with Crippen molar-refractivity contribution in [2.24, 2.45) is 0 Å². The smallest absolute Gasteiger partial charge is 0.255 e. The van der Waals surface area contributed by atoms with Gasteiger partial charge >= 0.3 is 0 Å². The maximum Gasteiger partial charge on any atom is 0.255 e. The van der Waals surface area contributed by atoms with Crippen LogP contribution in [0, 0.1) is 0 Å². The lowest BCUT2D eigenvalue weighted by Crippen LogP contribution is -2.45. The highest BCUT2D eigenvalue weighted by atomic mass is 79.9. The second kappa shape index (κ2) is 7.35. The molecule has 1 unspecified atom stereocenters. The fourth-order valence-corrected chi connectivity index (χ4v) is 4.46. The van der Waals surface area contributed by atoms with Crippen molar-refractivity contribution in [3.05, 3.63) is 60.8 Å². The molecule has 1 aromatic carbocycles. The summed E-state index contributed by atoms with van der Waals surface area (Å²) in [6, 6.07) is 9.20. The minimum atomic E-state index is -0.273. The van der Waals surface area contributed by atoms with Crippen molar-refractivity contribution in [2.45, 2.75) is 13.0 Å². The van der Waals surface area contributed by atoms with Crippen molar-refractivity contribution in [2.75, 3.05) is 5.32 Å². The van der Waals surface area contributed by atoms with E-state index >= 15 is 0 Å². The summed E-state index contributed by atoms with van der Waals surface area (Å²) in [5.41, 5.74) is 2.12. The van der Waals surface area contributed by atoms with Crippen LogP contribution in [0.3, 0.4) is 0 Å². The van der Waals surface area contributed by atoms with Crippen LogP contribution in [-0.4, -0.2) is 11.0 Å². The highest BCUT2D eigenvalue weighted by Gasteiger charge is 2.30. The molecule has 24 heavy (non-hydrogen) atoms. The zero-order valence-corrected chi connectivity index (χ0v) is 17.3. The zero-order chi connectivity index (χ0) is 17.3. The molecule has 0 saturated carbocycles. The van der Waals surface area contributed by atoms with E-state index < -0.39 is 0 Å². The Morgan fingerprint density at radius 2 is 1.96 bits per heavy atom. The highest BCUT2D eigenvalue weighted by molar-refractivity contribution is 9.10. The van der Waals surface area contributed by atoms with Gasteiger partial charge in [-0.25, -0.2) is 0 Å². The Bertz CT molecular complexity index is 830. The van der Waals surface area contributed by atoms with Crippen LogP contribution in [0.2, 0.25) is 0 Å². The maximum absolute atomic E-state index is 12.8. The number of nitrogens with one attached hydrogen (secondary N) is 3. The lowest BCUT2D eigenvalue weighted by atomic mass is 10.0. The first kappa shape index (κ1) is 17.6. The minimum Gasteiger partial charge on any atom is -0.350 e. The molecule has 8 heteroatoms. The highest BCUT2D eigenvalue weighted by Crippen LogP contribution is 2.33. The molecule has 1 amide bonds. The monoisotopic (exact) mass is 485 g/mol. The average Bonchev–Trinajstić information content (AvgIpc) is 2.95. The average molecular weight is 487 g/mol. The van der Waals surface area contributed by atoms with E-state index in [1.807, 2.05) is 42.6 Å². The molecule has 2 heterocycles. The van der Waals surface area contributed by atoms with E-state index in [0.717, 1.165) is 25.2 Å². The Morgan fingerprint density at radius 1 is 1.25 bits per heavy atom. The number of carbonyl (C=O) groups is 1. The molecule has 3 rings (SSSR count). The molecule has 3 N–H and O–H groups in total. The third kappa shape index (κ3) is 3.88. The Kier molecular flexibility index (Phi) is 5.39. The number of halogens is 2. The van der Waals surface area contributed by atoms with Gasteiger partial charge < -0.3 is 16.0 Å². The largest absolute Gasteiger partial charge is 0.350 e. The second-order valence-electron chi connectivity index (χ2n) is 5.20. The molecule has 0 saturated heterocycles. The van der Waals surface area contributed by atoms with Crippen LogP contribution in [0.5, 0.6) is 0 Å². The van der Waals surface area contributed by atoms with Crippen LogP contribution >= 0.6 is 55.4 Å². The number of hydrogen-bond donors (Lipinski definition) is 3. The lowest BCUT2D eigenvalue weighted by Gasteiger charge is -2.29. The van der Waals surface area contributed by atoms with Gasteiger partial charge in [0, 0.05) is 30.6 Å². The zero-order valence-electron chi connectivity index (χ0n) is 12.5. The summed E-state index contributed by atoms with van der Waals surface area (Å²) in [6.07, 6.45) is 0. The molecule has 4 nitrogen and oxygen atoms in total. The molecule has 0 bridgehead atoms. The first-order chi connectivity index (χ1) is 11.4. The standard InChI is InChI=1S/C16H13Br2N3OS2/c1-8-13(15(22)20-11-4-2-9(17)3-5-11)14(21-16(23)19-8)12-6-10(18)7-24-12/h2-7,14H,1H3,(H,20,22)(H2,19,21,23). The molecule has 0 fully saturated rings. The summed E-state index contributed by atoms with van der Waals surface area (Å²) in [5.74, 6) is -0.160. The first-order valence-corrected chi connectivity index (χ1v) is 9.90. The van der Waals surface area contributed by atoms with Gasteiger partial charge in [-0.15, -0.1) is 11.3 Å². The molecule has 0 radical (unpaired) electrons. The first-order valence-electron chi connectivity index (χ1n) is 7.03. The van der Waals surface area contributed by atoms with Gasteiger partial charge in [-0.3, -0.25) is 4.79 Å². The summed E-state index contributed by atoms with van der Waals surface area (Å²) in [4.78, 5) is 13.9. The van der Waals surface area contributed by atoms with Crippen LogP contribution in [0.1, 0.15) is 17.8 Å². The quantitative estimate of drug-likeness (QED) is 0.550. The number of hydrogen-bond acceptors (Lipinski definition) is 3. The van der Waals surface area contributed by atoms with E-state index in [4.69, 9.17) is 12.2 Å². The second-order valence-corrected chi connectivity index (χ2v) is 8.38. The molecular weight excluding hydrogens is 474 g/mol. The third-order valence-corrected chi connectivity index (χ3v) is 6.00. The summed E-state index contributed by atoms with van der Waals surface area (Å²) >= 11 is 13.7. The molecule has 1 aliphatic rings. The minimum absolute atomic E-state index is 0.160. The number of benzene rings is 1. The van der Waals surface area contributed by atoms with E-state index in [1.54, 1.807) is 11.3 Å². The normalized spacial score (nSPS) is 17.3. The van der Waals surface area contributed by atoms with Crippen LogP contribution < -0.4 is 16.0 Å². The van der Waals surface area contributed by atoms with Crippen molar-refractivity contribution in [3.63, 3.8) is 0 Å². The van der Waals surface area contributed by atoms with Crippen LogP contribution in [0.4, 0.5) is 5.69 Å². The van der Waals surface area contributed by atoms with Gasteiger partial charge in [0.15, 0.2) is 5.11 Å². The number of thiophene rings is 1. The molecule has 0 spiro atoms. The predicted molar refractivity (Wildman–Crippen MR) is 109 cm³/mol. The van der Waals surface area contributed by atoms with Gasteiger partial charge in [0.2, 0.25) is 0 Å². The molecule has 1 atom stereocenters. The van der Waals surface area contributed by atoms with Crippen molar-refractivity contribution in [3.8, 4) is 0 Å². The number of carbonyl (C=O) groups excluding carboxylic acids is 1.